The Hall–Kier alpha value is -2.60. The Bertz CT molecular complexity index is 1120. The number of hydrogen-bond donors (Lipinski definition) is 1. The number of benzene rings is 1. The van der Waals surface area contributed by atoms with E-state index < -0.39 is 5.54 Å². The van der Waals surface area contributed by atoms with Crippen molar-refractivity contribution in [3.63, 3.8) is 0 Å². The SMILES string of the molecule is Cc1ccc(CCN2C(=O)c3cc4ccsc4n3C[C@@]2(C)C(=O)NC2CCCC2)cc1. The molecule has 0 radical (unpaired) electrons. The predicted octanol–water partition coefficient (Wildman–Crippen LogP) is 4.53. The summed E-state index contributed by atoms with van der Waals surface area (Å²) in [5.74, 6) is -0.0773. The third-order valence-corrected chi connectivity index (χ3v) is 7.90. The van der Waals surface area contributed by atoms with Crippen molar-refractivity contribution in [1.82, 2.24) is 14.8 Å². The molecule has 0 bridgehead atoms. The molecule has 2 aromatic heterocycles. The van der Waals surface area contributed by atoms with Gasteiger partial charge in [-0.25, -0.2) is 0 Å². The molecule has 2 aliphatic rings. The van der Waals surface area contributed by atoms with Crippen LogP contribution in [0.1, 0.15) is 54.2 Å². The van der Waals surface area contributed by atoms with Crippen LogP contribution in [0.4, 0.5) is 0 Å². The van der Waals surface area contributed by atoms with Gasteiger partial charge in [0.15, 0.2) is 0 Å². The monoisotopic (exact) mass is 435 g/mol. The van der Waals surface area contributed by atoms with Crippen LogP contribution in [0.2, 0.25) is 0 Å². The molecular weight excluding hydrogens is 406 g/mol. The van der Waals surface area contributed by atoms with Gasteiger partial charge in [0.1, 0.15) is 16.1 Å². The molecule has 3 heterocycles. The highest BCUT2D eigenvalue weighted by molar-refractivity contribution is 7.16. The Balaban J connectivity index is 1.48. The second kappa shape index (κ2) is 7.83. The van der Waals surface area contributed by atoms with Gasteiger partial charge in [0.2, 0.25) is 5.91 Å². The van der Waals surface area contributed by atoms with E-state index in [2.05, 4.69) is 41.1 Å². The van der Waals surface area contributed by atoms with Gasteiger partial charge in [0.05, 0.1) is 6.54 Å². The first kappa shape index (κ1) is 20.3. The van der Waals surface area contributed by atoms with Crippen LogP contribution in [0.3, 0.4) is 0 Å². The van der Waals surface area contributed by atoms with Gasteiger partial charge in [0, 0.05) is 18.0 Å². The number of hydrogen-bond acceptors (Lipinski definition) is 3. The van der Waals surface area contributed by atoms with Gasteiger partial charge >= 0.3 is 0 Å². The normalized spacial score (nSPS) is 21.6. The van der Waals surface area contributed by atoms with Gasteiger partial charge in [-0.3, -0.25) is 9.59 Å². The van der Waals surface area contributed by atoms with Gasteiger partial charge < -0.3 is 14.8 Å². The van der Waals surface area contributed by atoms with Crippen LogP contribution in [0.5, 0.6) is 0 Å². The summed E-state index contributed by atoms with van der Waals surface area (Å²) in [7, 11) is 0. The minimum absolute atomic E-state index is 0.0271. The molecule has 1 fully saturated rings. The van der Waals surface area contributed by atoms with Crippen LogP contribution in [0.15, 0.2) is 41.8 Å². The molecule has 1 aliphatic heterocycles. The lowest BCUT2D eigenvalue weighted by atomic mass is 9.93. The number of thiophene rings is 1. The largest absolute Gasteiger partial charge is 0.351 e. The zero-order valence-electron chi connectivity index (χ0n) is 18.2. The molecule has 0 spiro atoms. The Morgan fingerprint density at radius 3 is 2.68 bits per heavy atom. The van der Waals surface area contributed by atoms with E-state index in [9.17, 15) is 9.59 Å². The van der Waals surface area contributed by atoms with Crippen LogP contribution < -0.4 is 5.32 Å². The van der Waals surface area contributed by atoms with Gasteiger partial charge in [-0.05, 0) is 56.2 Å². The highest BCUT2D eigenvalue weighted by Crippen LogP contribution is 2.35. The number of aryl methyl sites for hydroxylation is 1. The van der Waals surface area contributed by atoms with Crippen molar-refractivity contribution in [2.24, 2.45) is 0 Å². The number of rotatable bonds is 5. The lowest BCUT2D eigenvalue weighted by Crippen LogP contribution is -2.65. The van der Waals surface area contributed by atoms with E-state index in [-0.39, 0.29) is 17.9 Å². The molecule has 3 aromatic rings. The van der Waals surface area contributed by atoms with Crippen LogP contribution in [0.25, 0.3) is 10.2 Å². The molecule has 2 amide bonds. The maximum atomic E-state index is 13.6. The van der Waals surface area contributed by atoms with E-state index in [4.69, 9.17) is 0 Å². The molecule has 1 aromatic carbocycles. The van der Waals surface area contributed by atoms with E-state index >= 15 is 0 Å². The smallest absolute Gasteiger partial charge is 0.271 e. The Morgan fingerprint density at radius 1 is 1.19 bits per heavy atom. The zero-order chi connectivity index (χ0) is 21.6. The van der Waals surface area contributed by atoms with E-state index in [1.54, 1.807) is 11.3 Å². The van der Waals surface area contributed by atoms with Crippen molar-refractivity contribution in [1.29, 1.82) is 0 Å². The molecule has 162 valence electrons. The first-order chi connectivity index (χ1) is 15.0. The number of nitrogens with one attached hydrogen (secondary N) is 1. The standard InChI is InChI=1S/C25H29N3O2S/c1-17-7-9-18(10-8-17)11-13-28-22(29)21-15-19-12-14-31-23(19)27(21)16-25(28,2)24(30)26-20-5-3-4-6-20/h7-10,12,14-15,20H,3-6,11,13,16H2,1-2H3,(H,26,30)/t25-/m0/s1. The highest BCUT2D eigenvalue weighted by atomic mass is 32.1. The lowest BCUT2D eigenvalue weighted by molar-refractivity contribution is -0.133. The van der Waals surface area contributed by atoms with Crippen LogP contribution in [-0.2, 0) is 17.8 Å². The van der Waals surface area contributed by atoms with E-state index in [0.29, 0.717) is 18.8 Å². The zero-order valence-corrected chi connectivity index (χ0v) is 19.0. The van der Waals surface area contributed by atoms with Crippen LogP contribution in [0, 0.1) is 6.92 Å². The lowest BCUT2D eigenvalue weighted by Gasteiger charge is -2.44. The fourth-order valence-corrected chi connectivity index (χ4v) is 5.91. The Labute approximate surface area is 187 Å². The third kappa shape index (κ3) is 3.57. The molecule has 1 N–H and O–H groups in total. The summed E-state index contributed by atoms with van der Waals surface area (Å²) in [6.07, 6.45) is 5.12. The van der Waals surface area contributed by atoms with Crippen molar-refractivity contribution in [3.05, 3.63) is 58.6 Å². The van der Waals surface area contributed by atoms with E-state index in [1.165, 1.54) is 11.1 Å². The fourth-order valence-electron chi connectivity index (χ4n) is 5.01. The summed E-state index contributed by atoms with van der Waals surface area (Å²) in [5.41, 5.74) is 2.18. The quantitative estimate of drug-likeness (QED) is 0.640. The molecule has 31 heavy (non-hydrogen) atoms. The molecule has 5 rings (SSSR count). The predicted molar refractivity (Wildman–Crippen MR) is 125 cm³/mol. The van der Waals surface area contributed by atoms with Gasteiger partial charge in [0.25, 0.3) is 5.91 Å². The summed E-state index contributed by atoms with van der Waals surface area (Å²) in [6, 6.07) is 12.7. The first-order valence-corrected chi connectivity index (χ1v) is 12.1. The third-order valence-electron chi connectivity index (χ3n) is 6.95. The maximum Gasteiger partial charge on any atom is 0.271 e. The molecule has 6 heteroatoms. The van der Waals surface area contributed by atoms with Gasteiger partial charge in [-0.1, -0.05) is 42.7 Å². The molecule has 0 unspecified atom stereocenters. The number of carbonyl (C=O) groups is 2. The van der Waals surface area contributed by atoms with Crippen molar-refractivity contribution in [2.75, 3.05) is 6.54 Å². The number of aromatic nitrogens is 1. The highest BCUT2D eigenvalue weighted by Gasteiger charge is 2.48. The molecule has 0 saturated heterocycles. The summed E-state index contributed by atoms with van der Waals surface area (Å²) in [6.45, 7) is 5.02. The first-order valence-electron chi connectivity index (χ1n) is 11.2. The fraction of sp³-hybridized carbons (Fsp3) is 0.440. The second-order valence-corrected chi connectivity index (χ2v) is 10.1. The van der Waals surface area contributed by atoms with E-state index in [0.717, 1.165) is 42.3 Å². The summed E-state index contributed by atoms with van der Waals surface area (Å²) < 4.78 is 2.05. The average molecular weight is 436 g/mol. The summed E-state index contributed by atoms with van der Waals surface area (Å²) in [4.78, 5) is 30.1. The minimum Gasteiger partial charge on any atom is -0.351 e. The topological polar surface area (TPSA) is 54.3 Å². The second-order valence-electron chi connectivity index (χ2n) is 9.22. The number of amides is 2. The van der Waals surface area contributed by atoms with Gasteiger partial charge in [-0.2, -0.15) is 0 Å². The average Bonchev–Trinajstić information content (AvgIpc) is 3.48. The number of carbonyl (C=O) groups excluding carboxylic acids is 2. The van der Waals surface area contributed by atoms with Crippen molar-refractivity contribution >= 4 is 33.4 Å². The summed E-state index contributed by atoms with van der Waals surface area (Å²) >= 11 is 1.63. The molecule has 5 nitrogen and oxygen atoms in total. The molecule has 1 saturated carbocycles. The number of fused-ring (bicyclic) bond motifs is 3. The summed E-state index contributed by atoms with van der Waals surface area (Å²) in [5, 5.41) is 6.39. The van der Waals surface area contributed by atoms with Gasteiger partial charge in [-0.15, -0.1) is 11.3 Å². The van der Waals surface area contributed by atoms with Crippen LogP contribution in [-0.4, -0.2) is 39.4 Å². The van der Waals surface area contributed by atoms with Crippen molar-refractivity contribution < 1.29 is 9.59 Å². The maximum absolute atomic E-state index is 13.6. The van der Waals surface area contributed by atoms with Crippen molar-refractivity contribution in [2.45, 2.75) is 64.1 Å². The molecular formula is C25H29N3O2S. The minimum atomic E-state index is -0.909. The number of nitrogens with zero attached hydrogens (tertiary/aromatic N) is 2. The van der Waals surface area contributed by atoms with Crippen LogP contribution >= 0.6 is 11.3 Å². The Morgan fingerprint density at radius 2 is 1.94 bits per heavy atom. The van der Waals surface area contributed by atoms with Crippen molar-refractivity contribution in [3.8, 4) is 0 Å². The molecule has 1 aliphatic carbocycles. The van der Waals surface area contributed by atoms with E-state index in [1.807, 2.05) is 29.3 Å². The molecule has 1 atom stereocenters. The Kier molecular flexibility index (Phi) is 5.13.